The minimum atomic E-state index is -0.401. The van der Waals surface area contributed by atoms with Crippen molar-refractivity contribution in [3.05, 3.63) is 63.2 Å². The first-order valence-corrected chi connectivity index (χ1v) is 6.67. The molecule has 21 heavy (non-hydrogen) atoms. The third-order valence-corrected chi connectivity index (χ3v) is 3.32. The Morgan fingerprint density at radius 3 is 2.43 bits per heavy atom. The molecule has 0 saturated heterocycles. The second kappa shape index (κ2) is 6.26. The van der Waals surface area contributed by atoms with Gasteiger partial charge >= 0.3 is 0 Å². The van der Waals surface area contributed by atoms with Crippen molar-refractivity contribution in [3.63, 3.8) is 0 Å². The third kappa shape index (κ3) is 3.31. The van der Waals surface area contributed by atoms with Crippen LogP contribution in [0.5, 0.6) is 5.75 Å². The molecule has 2 aromatic rings. The number of nitrogens with zero attached hydrogens (tertiary/aromatic N) is 1. The summed E-state index contributed by atoms with van der Waals surface area (Å²) in [5, 5.41) is 13.7. The van der Waals surface area contributed by atoms with E-state index in [9.17, 15) is 10.1 Å². The molecule has 0 amide bonds. The van der Waals surface area contributed by atoms with E-state index in [1.54, 1.807) is 19.2 Å². The van der Waals surface area contributed by atoms with E-state index in [0.29, 0.717) is 12.3 Å². The van der Waals surface area contributed by atoms with Gasteiger partial charge in [0.1, 0.15) is 18.0 Å². The molecular formula is C16H18N2O3. The number of nitro groups is 1. The first kappa shape index (κ1) is 14.8. The molecule has 0 atom stereocenters. The van der Waals surface area contributed by atoms with Crippen LogP contribution in [0.3, 0.4) is 0 Å². The van der Waals surface area contributed by atoms with Crippen molar-refractivity contribution >= 4 is 11.4 Å². The van der Waals surface area contributed by atoms with Crippen LogP contribution in [0.4, 0.5) is 11.4 Å². The molecule has 5 nitrogen and oxygen atoms in total. The number of anilines is 1. The molecule has 0 aliphatic heterocycles. The lowest BCUT2D eigenvalue weighted by atomic mass is 10.1. The van der Waals surface area contributed by atoms with Crippen LogP contribution in [0.15, 0.2) is 36.4 Å². The van der Waals surface area contributed by atoms with E-state index >= 15 is 0 Å². The molecular weight excluding hydrogens is 268 g/mol. The van der Waals surface area contributed by atoms with Crippen LogP contribution in [-0.2, 0) is 6.61 Å². The Labute approximate surface area is 123 Å². The van der Waals surface area contributed by atoms with Gasteiger partial charge in [-0.3, -0.25) is 10.1 Å². The molecule has 0 spiro atoms. The summed E-state index contributed by atoms with van der Waals surface area (Å²) >= 11 is 0. The Hall–Kier alpha value is -2.56. The zero-order valence-corrected chi connectivity index (χ0v) is 12.3. The highest BCUT2D eigenvalue weighted by molar-refractivity contribution is 5.62. The molecule has 110 valence electrons. The van der Waals surface area contributed by atoms with E-state index in [4.69, 9.17) is 4.74 Å². The Kier molecular flexibility index (Phi) is 4.42. The predicted molar refractivity (Wildman–Crippen MR) is 82.9 cm³/mol. The van der Waals surface area contributed by atoms with Gasteiger partial charge in [0.15, 0.2) is 0 Å². The Bertz CT molecular complexity index is 648. The molecule has 0 aliphatic carbocycles. The number of ether oxygens (including phenoxy) is 1. The molecule has 0 unspecified atom stereocenters. The molecule has 0 radical (unpaired) electrons. The van der Waals surface area contributed by atoms with Gasteiger partial charge in [-0.15, -0.1) is 0 Å². The summed E-state index contributed by atoms with van der Waals surface area (Å²) < 4.78 is 5.86. The van der Waals surface area contributed by atoms with Gasteiger partial charge in [0, 0.05) is 13.1 Å². The summed E-state index contributed by atoms with van der Waals surface area (Å²) in [5.41, 5.74) is 3.58. The summed E-state index contributed by atoms with van der Waals surface area (Å²) in [6.07, 6.45) is 0. The van der Waals surface area contributed by atoms with E-state index < -0.39 is 4.92 Å². The van der Waals surface area contributed by atoms with Crippen LogP contribution >= 0.6 is 0 Å². The van der Waals surface area contributed by atoms with Crippen LogP contribution < -0.4 is 10.1 Å². The highest BCUT2D eigenvalue weighted by Crippen LogP contribution is 2.27. The molecule has 0 saturated carbocycles. The Morgan fingerprint density at radius 1 is 1.19 bits per heavy atom. The average Bonchev–Trinajstić information content (AvgIpc) is 2.46. The smallest absolute Gasteiger partial charge is 0.292 e. The number of aryl methyl sites for hydroxylation is 2. The monoisotopic (exact) mass is 286 g/mol. The summed E-state index contributed by atoms with van der Waals surface area (Å²) in [4.78, 5) is 10.5. The van der Waals surface area contributed by atoms with Crippen molar-refractivity contribution in [2.24, 2.45) is 0 Å². The molecule has 5 heteroatoms. The fraction of sp³-hybridized carbons (Fsp3) is 0.250. The lowest BCUT2D eigenvalue weighted by molar-refractivity contribution is -0.384. The number of hydrogen-bond donors (Lipinski definition) is 1. The maximum absolute atomic E-state index is 10.9. The molecule has 0 fully saturated rings. The third-order valence-electron chi connectivity index (χ3n) is 3.32. The number of nitrogens with one attached hydrogen (secondary N) is 1. The van der Waals surface area contributed by atoms with Crippen LogP contribution in [0, 0.1) is 24.0 Å². The van der Waals surface area contributed by atoms with E-state index in [0.717, 1.165) is 22.4 Å². The summed E-state index contributed by atoms with van der Waals surface area (Å²) in [5.74, 6) is 0.863. The van der Waals surface area contributed by atoms with Gasteiger partial charge in [0.05, 0.1) is 4.92 Å². The van der Waals surface area contributed by atoms with Gasteiger partial charge in [0.2, 0.25) is 0 Å². The van der Waals surface area contributed by atoms with Crippen LogP contribution in [0.25, 0.3) is 0 Å². The van der Waals surface area contributed by atoms with Crippen molar-refractivity contribution in [1.82, 2.24) is 0 Å². The van der Waals surface area contributed by atoms with Gasteiger partial charge in [-0.05, 0) is 42.7 Å². The molecule has 2 aromatic carbocycles. The van der Waals surface area contributed by atoms with Crippen molar-refractivity contribution in [1.29, 1.82) is 0 Å². The maximum Gasteiger partial charge on any atom is 0.292 e. The molecule has 0 aromatic heterocycles. The molecule has 2 rings (SSSR count). The maximum atomic E-state index is 10.9. The second-order valence-electron chi connectivity index (χ2n) is 4.87. The van der Waals surface area contributed by atoms with E-state index in [1.807, 2.05) is 32.0 Å². The second-order valence-corrected chi connectivity index (χ2v) is 4.87. The van der Waals surface area contributed by atoms with Crippen molar-refractivity contribution in [3.8, 4) is 5.75 Å². The number of nitro benzene ring substituents is 1. The lowest BCUT2D eigenvalue weighted by Gasteiger charge is -2.12. The van der Waals surface area contributed by atoms with Crippen molar-refractivity contribution in [2.45, 2.75) is 20.5 Å². The summed E-state index contributed by atoms with van der Waals surface area (Å²) in [7, 11) is 1.67. The zero-order valence-electron chi connectivity index (χ0n) is 12.3. The Balaban J connectivity index is 2.19. The topological polar surface area (TPSA) is 64.4 Å². The lowest BCUT2D eigenvalue weighted by Crippen LogP contribution is -2.02. The minimum absolute atomic E-state index is 0.0633. The average molecular weight is 286 g/mol. The highest BCUT2D eigenvalue weighted by Gasteiger charge is 2.13. The standard InChI is InChI=1S/C16H18N2O3/c1-11-5-4-6-12(2)16(11)21-10-13-7-8-15(18(19)20)14(9-13)17-3/h4-9,17H,10H2,1-3H3. The zero-order chi connectivity index (χ0) is 15.4. The molecule has 1 N–H and O–H groups in total. The largest absolute Gasteiger partial charge is 0.488 e. The molecule has 0 bridgehead atoms. The summed E-state index contributed by atoms with van der Waals surface area (Å²) in [6, 6.07) is 10.9. The van der Waals surface area contributed by atoms with Crippen LogP contribution in [0.2, 0.25) is 0 Å². The first-order chi connectivity index (χ1) is 10.0. The Morgan fingerprint density at radius 2 is 1.86 bits per heavy atom. The minimum Gasteiger partial charge on any atom is -0.488 e. The SMILES string of the molecule is CNc1cc(COc2c(C)cccc2C)ccc1[N+](=O)[O-]. The molecule has 0 aliphatic rings. The number of benzene rings is 2. The summed E-state index contributed by atoms with van der Waals surface area (Å²) in [6.45, 7) is 4.37. The van der Waals surface area contributed by atoms with Gasteiger partial charge in [-0.1, -0.05) is 18.2 Å². The van der Waals surface area contributed by atoms with Gasteiger partial charge < -0.3 is 10.1 Å². The van der Waals surface area contributed by atoms with Gasteiger partial charge in [-0.25, -0.2) is 0 Å². The fourth-order valence-corrected chi connectivity index (χ4v) is 2.21. The number of hydrogen-bond acceptors (Lipinski definition) is 4. The van der Waals surface area contributed by atoms with E-state index in [2.05, 4.69) is 5.32 Å². The predicted octanol–water partition coefficient (Wildman–Crippen LogP) is 3.83. The van der Waals surface area contributed by atoms with Crippen LogP contribution in [-0.4, -0.2) is 12.0 Å². The van der Waals surface area contributed by atoms with Gasteiger partial charge in [-0.2, -0.15) is 0 Å². The normalized spacial score (nSPS) is 10.2. The highest BCUT2D eigenvalue weighted by atomic mass is 16.6. The van der Waals surface area contributed by atoms with Crippen molar-refractivity contribution < 1.29 is 9.66 Å². The van der Waals surface area contributed by atoms with Crippen LogP contribution in [0.1, 0.15) is 16.7 Å². The van der Waals surface area contributed by atoms with Crippen molar-refractivity contribution in [2.75, 3.05) is 12.4 Å². The van der Waals surface area contributed by atoms with E-state index in [-0.39, 0.29) is 5.69 Å². The quantitative estimate of drug-likeness (QED) is 0.670. The van der Waals surface area contributed by atoms with E-state index in [1.165, 1.54) is 6.07 Å². The van der Waals surface area contributed by atoms with Gasteiger partial charge in [0.25, 0.3) is 5.69 Å². The number of rotatable bonds is 5. The fourth-order valence-electron chi connectivity index (χ4n) is 2.21. The number of para-hydroxylation sites is 1. The first-order valence-electron chi connectivity index (χ1n) is 6.67. The molecule has 0 heterocycles.